The third kappa shape index (κ3) is 2.10. The number of ether oxygens (including phenoxy) is 1. The van der Waals surface area contributed by atoms with Gasteiger partial charge in [-0.1, -0.05) is 27.2 Å². The summed E-state index contributed by atoms with van der Waals surface area (Å²) in [4.78, 5) is 12.1. The third-order valence-electron chi connectivity index (χ3n) is 4.15. The second-order valence-electron chi connectivity index (χ2n) is 5.59. The molecule has 16 heavy (non-hydrogen) atoms. The van der Waals surface area contributed by atoms with Gasteiger partial charge in [-0.05, 0) is 31.6 Å². The van der Waals surface area contributed by atoms with Crippen LogP contribution in [0.2, 0.25) is 0 Å². The summed E-state index contributed by atoms with van der Waals surface area (Å²) in [5.41, 5.74) is -0.513. The van der Waals surface area contributed by atoms with E-state index in [9.17, 15) is 4.79 Å². The molecule has 3 heteroatoms. The van der Waals surface area contributed by atoms with E-state index < -0.39 is 5.54 Å². The first-order valence-electron chi connectivity index (χ1n) is 6.25. The van der Waals surface area contributed by atoms with Crippen molar-refractivity contribution in [2.45, 2.75) is 65.0 Å². The van der Waals surface area contributed by atoms with Crippen LogP contribution in [0, 0.1) is 5.41 Å². The van der Waals surface area contributed by atoms with Crippen molar-refractivity contribution in [2.75, 3.05) is 7.11 Å². The Morgan fingerprint density at radius 2 is 2.06 bits per heavy atom. The third-order valence-corrected chi connectivity index (χ3v) is 4.15. The average molecular weight is 227 g/mol. The second kappa shape index (κ2) is 4.74. The molecule has 1 fully saturated rings. The first-order chi connectivity index (χ1) is 7.39. The Bertz CT molecular complexity index is 263. The van der Waals surface area contributed by atoms with E-state index in [4.69, 9.17) is 4.74 Å². The van der Waals surface area contributed by atoms with Crippen molar-refractivity contribution in [3.63, 3.8) is 0 Å². The van der Waals surface area contributed by atoms with Gasteiger partial charge in [0.15, 0.2) is 0 Å². The molecule has 0 radical (unpaired) electrons. The van der Waals surface area contributed by atoms with Crippen molar-refractivity contribution < 1.29 is 9.53 Å². The van der Waals surface area contributed by atoms with Crippen LogP contribution in [-0.2, 0) is 9.53 Å². The van der Waals surface area contributed by atoms with E-state index in [1.54, 1.807) is 0 Å². The Kier molecular flexibility index (Phi) is 4.00. The Hall–Kier alpha value is -0.570. The highest BCUT2D eigenvalue weighted by Crippen LogP contribution is 2.47. The number of nitrogens with one attached hydrogen (secondary N) is 1. The summed E-state index contributed by atoms with van der Waals surface area (Å²) >= 11 is 0. The SMILES string of the molecule is CCC(C)NC1(C(=O)OC)CCCC1(C)C. The molecule has 2 unspecified atom stereocenters. The zero-order chi connectivity index (χ0) is 12.4. The fourth-order valence-corrected chi connectivity index (χ4v) is 2.75. The fraction of sp³-hybridized carbons (Fsp3) is 0.923. The van der Waals surface area contributed by atoms with Gasteiger partial charge >= 0.3 is 5.97 Å². The van der Waals surface area contributed by atoms with Crippen LogP contribution >= 0.6 is 0 Å². The maximum Gasteiger partial charge on any atom is 0.326 e. The normalized spacial score (nSPS) is 30.1. The van der Waals surface area contributed by atoms with Crippen molar-refractivity contribution in [1.82, 2.24) is 5.32 Å². The van der Waals surface area contributed by atoms with Crippen LogP contribution < -0.4 is 5.32 Å². The lowest BCUT2D eigenvalue weighted by atomic mass is 9.74. The zero-order valence-corrected chi connectivity index (χ0v) is 11.2. The van der Waals surface area contributed by atoms with Gasteiger partial charge < -0.3 is 4.74 Å². The second-order valence-corrected chi connectivity index (χ2v) is 5.59. The molecule has 1 aliphatic rings. The minimum absolute atomic E-state index is 0.0243. The van der Waals surface area contributed by atoms with Crippen LogP contribution in [0.4, 0.5) is 0 Å². The van der Waals surface area contributed by atoms with E-state index in [1.165, 1.54) is 7.11 Å². The molecule has 0 aromatic carbocycles. The predicted molar refractivity (Wildman–Crippen MR) is 65.3 cm³/mol. The topological polar surface area (TPSA) is 38.3 Å². The van der Waals surface area contributed by atoms with Gasteiger partial charge in [-0.2, -0.15) is 0 Å². The van der Waals surface area contributed by atoms with E-state index in [0.717, 1.165) is 25.7 Å². The summed E-state index contributed by atoms with van der Waals surface area (Å²) in [5, 5.41) is 3.51. The van der Waals surface area contributed by atoms with Crippen LogP contribution in [0.15, 0.2) is 0 Å². The van der Waals surface area contributed by atoms with Crippen molar-refractivity contribution in [1.29, 1.82) is 0 Å². The summed E-state index contributed by atoms with van der Waals surface area (Å²) in [5.74, 6) is -0.102. The highest BCUT2D eigenvalue weighted by molar-refractivity contribution is 5.82. The monoisotopic (exact) mass is 227 g/mol. The molecule has 0 bridgehead atoms. The Morgan fingerprint density at radius 1 is 1.44 bits per heavy atom. The van der Waals surface area contributed by atoms with Crippen LogP contribution in [-0.4, -0.2) is 24.7 Å². The summed E-state index contributed by atoms with van der Waals surface area (Å²) in [6.45, 7) is 8.57. The van der Waals surface area contributed by atoms with Crippen molar-refractivity contribution >= 4 is 5.97 Å². The molecule has 0 saturated heterocycles. The number of hydrogen-bond donors (Lipinski definition) is 1. The smallest absolute Gasteiger partial charge is 0.326 e. The number of esters is 1. The minimum Gasteiger partial charge on any atom is -0.468 e. The summed E-state index contributed by atoms with van der Waals surface area (Å²) < 4.78 is 5.02. The van der Waals surface area contributed by atoms with Crippen LogP contribution in [0.3, 0.4) is 0 Å². The highest BCUT2D eigenvalue weighted by Gasteiger charge is 2.55. The summed E-state index contributed by atoms with van der Waals surface area (Å²) in [6.07, 6.45) is 4.07. The molecule has 1 aliphatic carbocycles. The van der Waals surface area contributed by atoms with Crippen molar-refractivity contribution in [3.8, 4) is 0 Å². The molecular weight excluding hydrogens is 202 g/mol. The molecule has 0 heterocycles. The molecule has 94 valence electrons. The molecule has 0 aromatic heterocycles. The van der Waals surface area contributed by atoms with Crippen LogP contribution in [0.1, 0.15) is 53.4 Å². The maximum atomic E-state index is 12.1. The number of carbonyl (C=O) groups is 1. The largest absolute Gasteiger partial charge is 0.468 e. The molecule has 0 spiro atoms. The van der Waals surface area contributed by atoms with Gasteiger partial charge in [0.2, 0.25) is 0 Å². The zero-order valence-electron chi connectivity index (χ0n) is 11.2. The number of methoxy groups -OCH3 is 1. The van der Waals surface area contributed by atoms with E-state index in [1.807, 2.05) is 0 Å². The Labute approximate surface area is 98.9 Å². The van der Waals surface area contributed by atoms with Gasteiger partial charge in [0.05, 0.1) is 7.11 Å². The lowest BCUT2D eigenvalue weighted by Crippen LogP contribution is -2.61. The number of rotatable bonds is 4. The average Bonchev–Trinajstić information content (AvgIpc) is 2.54. The Morgan fingerprint density at radius 3 is 2.44 bits per heavy atom. The lowest BCUT2D eigenvalue weighted by molar-refractivity contribution is -0.153. The lowest BCUT2D eigenvalue weighted by Gasteiger charge is -2.41. The predicted octanol–water partition coefficient (Wildman–Crippen LogP) is 2.50. The maximum absolute atomic E-state index is 12.1. The standard InChI is InChI=1S/C13H25NO2/c1-6-10(2)14-13(11(15)16-5)9-7-8-12(13,3)4/h10,14H,6-9H2,1-5H3. The fourth-order valence-electron chi connectivity index (χ4n) is 2.75. The van der Waals surface area contributed by atoms with Crippen LogP contribution in [0.25, 0.3) is 0 Å². The van der Waals surface area contributed by atoms with E-state index in [2.05, 4.69) is 33.0 Å². The molecular formula is C13H25NO2. The molecule has 1 N–H and O–H groups in total. The molecule has 1 saturated carbocycles. The van der Waals surface area contributed by atoms with E-state index in [0.29, 0.717) is 6.04 Å². The molecule has 0 aromatic rings. The number of hydrogen-bond acceptors (Lipinski definition) is 3. The van der Waals surface area contributed by atoms with Gasteiger partial charge in [-0.15, -0.1) is 0 Å². The van der Waals surface area contributed by atoms with Gasteiger partial charge in [0.25, 0.3) is 0 Å². The molecule has 3 nitrogen and oxygen atoms in total. The molecule has 0 aliphatic heterocycles. The van der Waals surface area contributed by atoms with Gasteiger partial charge in [-0.25, -0.2) is 0 Å². The first kappa shape index (κ1) is 13.5. The van der Waals surface area contributed by atoms with Gasteiger partial charge in [0, 0.05) is 6.04 Å². The Balaban J connectivity index is 2.98. The highest BCUT2D eigenvalue weighted by atomic mass is 16.5. The molecule has 2 atom stereocenters. The quantitative estimate of drug-likeness (QED) is 0.750. The molecule has 1 rings (SSSR count). The van der Waals surface area contributed by atoms with E-state index >= 15 is 0 Å². The minimum atomic E-state index is -0.489. The van der Waals surface area contributed by atoms with Crippen LogP contribution in [0.5, 0.6) is 0 Å². The van der Waals surface area contributed by atoms with Gasteiger partial charge in [0.1, 0.15) is 5.54 Å². The summed E-state index contributed by atoms with van der Waals surface area (Å²) in [6, 6.07) is 0.344. The van der Waals surface area contributed by atoms with Crippen molar-refractivity contribution in [3.05, 3.63) is 0 Å². The van der Waals surface area contributed by atoms with Crippen molar-refractivity contribution in [2.24, 2.45) is 5.41 Å². The first-order valence-corrected chi connectivity index (χ1v) is 6.25. The van der Waals surface area contributed by atoms with Gasteiger partial charge in [-0.3, -0.25) is 10.1 Å². The summed E-state index contributed by atoms with van der Waals surface area (Å²) in [7, 11) is 1.48. The van der Waals surface area contributed by atoms with E-state index in [-0.39, 0.29) is 11.4 Å². The number of carbonyl (C=O) groups excluding carboxylic acids is 1. The molecule has 0 amide bonds.